The van der Waals surface area contributed by atoms with Gasteiger partial charge in [-0.1, -0.05) is 21.9 Å². The number of carbonyl (C=O) groups is 1. The van der Waals surface area contributed by atoms with Crippen LogP contribution in [0.15, 0.2) is 22.7 Å². The summed E-state index contributed by atoms with van der Waals surface area (Å²) in [6, 6.07) is 5.00. The number of rotatable bonds is 3. The normalized spacial score (nSPS) is 9.13. The Labute approximate surface area is 95.9 Å². The second-order valence-corrected chi connectivity index (χ2v) is 3.52. The molecule has 0 saturated carbocycles. The summed E-state index contributed by atoms with van der Waals surface area (Å²) in [4.78, 5) is 11.4. The van der Waals surface area contributed by atoms with Gasteiger partial charge in [-0.15, -0.1) is 6.42 Å². The first-order chi connectivity index (χ1) is 7.19. The zero-order valence-corrected chi connectivity index (χ0v) is 9.37. The minimum atomic E-state index is -0.427. The molecule has 0 heterocycles. The first-order valence-corrected chi connectivity index (χ1v) is 4.85. The highest BCUT2D eigenvalue weighted by molar-refractivity contribution is 9.10. The Kier molecular flexibility index (Phi) is 4.16. The standard InChI is InChI=1S/C10H9BrN2O2/c1-2-5-15-9-4-3-7(11)6-8(9)10(14)13-12/h1,3-4,6H,5,12H2,(H,13,14). The van der Waals surface area contributed by atoms with Crippen LogP contribution >= 0.6 is 15.9 Å². The van der Waals surface area contributed by atoms with Gasteiger partial charge in [0.25, 0.3) is 5.91 Å². The highest BCUT2D eigenvalue weighted by Gasteiger charge is 2.11. The molecule has 0 aliphatic rings. The van der Waals surface area contributed by atoms with E-state index in [4.69, 9.17) is 17.0 Å². The number of nitrogens with one attached hydrogen (secondary N) is 1. The van der Waals surface area contributed by atoms with Crippen LogP contribution in [0.25, 0.3) is 0 Å². The molecule has 0 aromatic heterocycles. The lowest BCUT2D eigenvalue weighted by atomic mass is 10.2. The fourth-order valence-corrected chi connectivity index (χ4v) is 1.36. The number of hydrogen-bond acceptors (Lipinski definition) is 3. The molecule has 0 aliphatic carbocycles. The Hall–Kier alpha value is -1.51. The lowest BCUT2D eigenvalue weighted by Crippen LogP contribution is -2.30. The highest BCUT2D eigenvalue weighted by atomic mass is 79.9. The number of amides is 1. The third-order valence-electron chi connectivity index (χ3n) is 1.63. The summed E-state index contributed by atoms with van der Waals surface area (Å²) in [7, 11) is 0. The van der Waals surface area contributed by atoms with Gasteiger partial charge in [-0.05, 0) is 18.2 Å². The summed E-state index contributed by atoms with van der Waals surface area (Å²) >= 11 is 3.25. The van der Waals surface area contributed by atoms with Crippen LogP contribution in [0.4, 0.5) is 0 Å². The maximum atomic E-state index is 11.4. The second-order valence-electron chi connectivity index (χ2n) is 2.61. The Morgan fingerprint density at radius 1 is 1.67 bits per heavy atom. The van der Waals surface area contributed by atoms with E-state index in [0.717, 1.165) is 4.47 Å². The first kappa shape index (κ1) is 11.6. The number of hydrazine groups is 1. The lowest BCUT2D eigenvalue weighted by molar-refractivity contribution is 0.0950. The fraction of sp³-hybridized carbons (Fsp3) is 0.100. The minimum Gasteiger partial charge on any atom is -0.480 e. The van der Waals surface area contributed by atoms with E-state index in [1.54, 1.807) is 18.2 Å². The predicted octanol–water partition coefficient (Wildman–Crippen LogP) is 1.06. The molecule has 0 radical (unpaired) electrons. The van der Waals surface area contributed by atoms with Gasteiger partial charge < -0.3 is 4.74 Å². The molecule has 0 spiro atoms. The van der Waals surface area contributed by atoms with E-state index < -0.39 is 5.91 Å². The van der Waals surface area contributed by atoms with Crippen molar-refractivity contribution in [2.24, 2.45) is 5.84 Å². The third kappa shape index (κ3) is 2.98. The summed E-state index contributed by atoms with van der Waals surface area (Å²) in [5.74, 6) is 7.33. The van der Waals surface area contributed by atoms with Gasteiger partial charge >= 0.3 is 0 Å². The summed E-state index contributed by atoms with van der Waals surface area (Å²) < 4.78 is 5.95. The van der Waals surface area contributed by atoms with Gasteiger partial charge in [-0.25, -0.2) is 5.84 Å². The molecule has 0 bridgehead atoms. The van der Waals surface area contributed by atoms with Gasteiger partial charge in [0.1, 0.15) is 12.4 Å². The molecule has 1 amide bonds. The Morgan fingerprint density at radius 2 is 2.40 bits per heavy atom. The average Bonchev–Trinajstić information content (AvgIpc) is 2.26. The monoisotopic (exact) mass is 268 g/mol. The zero-order valence-electron chi connectivity index (χ0n) is 7.79. The molecule has 0 aliphatic heterocycles. The number of halogens is 1. The third-order valence-corrected chi connectivity index (χ3v) is 2.12. The van der Waals surface area contributed by atoms with Crippen molar-refractivity contribution < 1.29 is 9.53 Å². The Bertz CT molecular complexity index is 412. The van der Waals surface area contributed by atoms with Crippen molar-refractivity contribution in [3.8, 4) is 18.1 Å². The molecule has 4 nitrogen and oxygen atoms in total. The van der Waals surface area contributed by atoms with Gasteiger partial charge in [-0.3, -0.25) is 10.2 Å². The molecule has 15 heavy (non-hydrogen) atoms. The number of nitrogen functional groups attached to an aromatic ring is 1. The van der Waals surface area contributed by atoms with Crippen LogP contribution in [-0.4, -0.2) is 12.5 Å². The van der Waals surface area contributed by atoms with E-state index in [-0.39, 0.29) is 6.61 Å². The van der Waals surface area contributed by atoms with Gasteiger partial charge in [-0.2, -0.15) is 0 Å². The molecular formula is C10H9BrN2O2. The van der Waals surface area contributed by atoms with Crippen molar-refractivity contribution in [3.63, 3.8) is 0 Å². The maximum Gasteiger partial charge on any atom is 0.268 e. The molecule has 78 valence electrons. The van der Waals surface area contributed by atoms with E-state index >= 15 is 0 Å². The smallest absolute Gasteiger partial charge is 0.268 e. The van der Waals surface area contributed by atoms with Crippen molar-refractivity contribution in [2.45, 2.75) is 0 Å². The number of nitrogens with two attached hydrogens (primary N) is 1. The first-order valence-electron chi connectivity index (χ1n) is 4.05. The molecule has 3 N–H and O–H groups in total. The number of benzene rings is 1. The molecule has 0 fully saturated rings. The average molecular weight is 269 g/mol. The van der Waals surface area contributed by atoms with Crippen LogP contribution in [0.3, 0.4) is 0 Å². The topological polar surface area (TPSA) is 64.3 Å². The Balaban J connectivity index is 3.04. The van der Waals surface area contributed by atoms with Gasteiger partial charge in [0.05, 0.1) is 5.56 Å². The van der Waals surface area contributed by atoms with Crippen molar-refractivity contribution in [3.05, 3.63) is 28.2 Å². The summed E-state index contributed by atoms with van der Waals surface area (Å²) in [6.45, 7) is 0.104. The van der Waals surface area contributed by atoms with E-state index in [0.29, 0.717) is 11.3 Å². The summed E-state index contributed by atoms with van der Waals surface area (Å²) in [5, 5.41) is 0. The largest absolute Gasteiger partial charge is 0.480 e. The number of terminal acetylenes is 1. The van der Waals surface area contributed by atoms with Crippen LogP contribution < -0.4 is 16.0 Å². The van der Waals surface area contributed by atoms with Crippen molar-refractivity contribution >= 4 is 21.8 Å². The van der Waals surface area contributed by atoms with Crippen LogP contribution in [0.1, 0.15) is 10.4 Å². The van der Waals surface area contributed by atoms with E-state index in [1.807, 2.05) is 5.43 Å². The number of carbonyl (C=O) groups excluding carboxylic acids is 1. The van der Waals surface area contributed by atoms with Crippen LogP contribution in [0, 0.1) is 12.3 Å². The van der Waals surface area contributed by atoms with E-state index in [2.05, 4.69) is 21.9 Å². The van der Waals surface area contributed by atoms with E-state index in [9.17, 15) is 4.79 Å². The highest BCUT2D eigenvalue weighted by Crippen LogP contribution is 2.22. The maximum absolute atomic E-state index is 11.4. The number of ether oxygens (including phenoxy) is 1. The summed E-state index contributed by atoms with van der Waals surface area (Å²) in [5.41, 5.74) is 2.37. The molecule has 1 aromatic carbocycles. The van der Waals surface area contributed by atoms with Crippen LogP contribution in [0.2, 0.25) is 0 Å². The Morgan fingerprint density at radius 3 is 3.00 bits per heavy atom. The molecule has 1 rings (SSSR count). The molecule has 1 aromatic rings. The molecular weight excluding hydrogens is 260 g/mol. The fourth-order valence-electron chi connectivity index (χ4n) is 1.00. The van der Waals surface area contributed by atoms with Gasteiger partial charge in [0, 0.05) is 4.47 Å². The number of hydrogen-bond donors (Lipinski definition) is 2. The zero-order chi connectivity index (χ0) is 11.3. The van der Waals surface area contributed by atoms with Crippen molar-refractivity contribution in [1.82, 2.24) is 5.43 Å². The SMILES string of the molecule is C#CCOc1ccc(Br)cc1C(=O)NN. The molecule has 0 unspecified atom stereocenters. The predicted molar refractivity (Wildman–Crippen MR) is 60.1 cm³/mol. The second kappa shape index (κ2) is 5.39. The van der Waals surface area contributed by atoms with E-state index in [1.165, 1.54) is 0 Å². The summed E-state index contributed by atoms with van der Waals surface area (Å²) in [6.07, 6.45) is 5.06. The molecule has 5 heteroatoms. The molecule has 0 saturated heterocycles. The van der Waals surface area contributed by atoms with Gasteiger partial charge in [0.15, 0.2) is 0 Å². The van der Waals surface area contributed by atoms with Crippen LogP contribution in [0.5, 0.6) is 5.75 Å². The lowest BCUT2D eigenvalue weighted by Gasteiger charge is -2.08. The quantitative estimate of drug-likeness (QED) is 0.373. The minimum absolute atomic E-state index is 0.104. The van der Waals surface area contributed by atoms with Crippen molar-refractivity contribution in [1.29, 1.82) is 0 Å². The van der Waals surface area contributed by atoms with Crippen LogP contribution in [-0.2, 0) is 0 Å². The van der Waals surface area contributed by atoms with Crippen molar-refractivity contribution in [2.75, 3.05) is 6.61 Å². The molecule has 0 atom stereocenters. The van der Waals surface area contributed by atoms with Gasteiger partial charge in [0.2, 0.25) is 0 Å².